The molecule has 3 rings (SSSR count). The lowest BCUT2D eigenvalue weighted by molar-refractivity contribution is 0.403. The molecule has 1 aromatic heterocycles. The standard InChI is InChI=1S/C18H22ClN3O3S/c1-25-16-8-6-14(19)12-17(16)26(23,24)21-18-9-7-15(13-20-18)22-10-4-2-3-5-11-22/h6-9,12-13H,2-5,10-11H2,1H3,(H,20,21). The average molecular weight is 396 g/mol. The first-order valence-corrected chi connectivity index (χ1v) is 10.4. The van der Waals surface area contributed by atoms with Crippen molar-refractivity contribution in [1.29, 1.82) is 0 Å². The molecule has 1 aliphatic heterocycles. The third-order valence-corrected chi connectivity index (χ3v) is 5.98. The van der Waals surface area contributed by atoms with E-state index >= 15 is 0 Å². The Morgan fingerprint density at radius 1 is 1.12 bits per heavy atom. The van der Waals surface area contributed by atoms with Gasteiger partial charge in [0.25, 0.3) is 10.0 Å². The summed E-state index contributed by atoms with van der Waals surface area (Å²) in [5, 5.41) is 0.315. The van der Waals surface area contributed by atoms with E-state index in [9.17, 15) is 8.42 Å². The lowest BCUT2D eigenvalue weighted by Crippen LogP contribution is -2.24. The summed E-state index contributed by atoms with van der Waals surface area (Å²) in [4.78, 5) is 6.54. The van der Waals surface area contributed by atoms with Crippen molar-refractivity contribution in [3.8, 4) is 5.75 Å². The van der Waals surface area contributed by atoms with E-state index in [1.54, 1.807) is 18.3 Å². The number of methoxy groups -OCH3 is 1. The number of nitrogens with zero attached hydrogens (tertiary/aromatic N) is 2. The molecule has 1 aromatic carbocycles. The molecule has 0 aliphatic carbocycles. The van der Waals surface area contributed by atoms with Gasteiger partial charge in [0.2, 0.25) is 0 Å². The molecule has 1 aliphatic rings. The third kappa shape index (κ3) is 4.40. The Morgan fingerprint density at radius 2 is 1.85 bits per heavy atom. The molecular weight excluding hydrogens is 374 g/mol. The van der Waals surface area contributed by atoms with Crippen LogP contribution in [0.2, 0.25) is 5.02 Å². The van der Waals surface area contributed by atoms with E-state index in [-0.39, 0.29) is 16.5 Å². The number of rotatable bonds is 5. The number of ether oxygens (including phenoxy) is 1. The van der Waals surface area contributed by atoms with E-state index in [1.807, 2.05) is 6.07 Å². The molecule has 0 atom stereocenters. The first-order chi connectivity index (χ1) is 12.5. The Hall–Kier alpha value is -1.99. The van der Waals surface area contributed by atoms with Gasteiger partial charge in [0.15, 0.2) is 0 Å². The van der Waals surface area contributed by atoms with Gasteiger partial charge in [0, 0.05) is 18.1 Å². The first kappa shape index (κ1) is 18.8. The zero-order valence-electron chi connectivity index (χ0n) is 14.6. The number of halogens is 1. The van der Waals surface area contributed by atoms with Gasteiger partial charge in [-0.05, 0) is 43.2 Å². The van der Waals surface area contributed by atoms with Crippen molar-refractivity contribution in [2.45, 2.75) is 30.6 Å². The van der Waals surface area contributed by atoms with Gasteiger partial charge in [-0.3, -0.25) is 4.72 Å². The Balaban J connectivity index is 1.79. The molecule has 6 nitrogen and oxygen atoms in total. The lowest BCUT2D eigenvalue weighted by atomic mass is 10.2. The van der Waals surface area contributed by atoms with E-state index in [0.29, 0.717) is 5.02 Å². The van der Waals surface area contributed by atoms with E-state index in [2.05, 4.69) is 14.6 Å². The summed E-state index contributed by atoms with van der Waals surface area (Å²) < 4.78 is 32.9. The van der Waals surface area contributed by atoms with Crippen LogP contribution in [0.5, 0.6) is 5.75 Å². The van der Waals surface area contributed by atoms with Gasteiger partial charge < -0.3 is 9.64 Å². The average Bonchev–Trinajstić information content (AvgIpc) is 2.91. The Kier molecular flexibility index (Phi) is 5.88. The molecule has 8 heteroatoms. The van der Waals surface area contributed by atoms with E-state index in [4.69, 9.17) is 16.3 Å². The van der Waals surface area contributed by atoms with Crippen molar-refractivity contribution in [2.24, 2.45) is 0 Å². The quantitative estimate of drug-likeness (QED) is 0.830. The van der Waals surface area contributed by atoms with Gasteiger partial charge in [-0.1, -0.05) is 24.4 Å². The number of hydrogen-bond acceptors (Lipinski definition) is 5. The Labute approximate surface area is 159 Å². The molecule has 26 heavy (non-hydrogen) atoms. The molecule has 0 amide bonds. The predicted molar refractivity (Wildman–Crippen MR) is 104 cm³/mol. The summed E-state index contributed by atoms with van der Waals surface area (Å²) in [5.74, 6) is 0.480. The molecule has 0 radical (unpaired) electrons. The highest BCUT2D eigenvalue weighted by atomic mass is 35.5. The fourth-order valence-electron chi connectivity index (χ4n) is 3.02. The van der Waals surface area contributed by atoms with Crippen LogP contribution >= 0.6 is 11.6 Å². The smallest absolute Gasteiger partial charge is 0.266 e. The fraction of sp³-hybridized carbons (Fsp3) is 0.389. The normalized spacial score (nSPS) is 15.4. The minimum Gasteiger partial charge on any atom is -0.495 e. The van der Waals surface area contributed by atoms with Gasteiger partial charge in [-0.25, -0.2) is 13.4 Å². The lowest BCUT2D eigenvalue weighted by Gasteiger charge is -2.22. The number of anilines is 2. The Morgan fingerprint density at radius 3 is 2.46 bits per heavy atom. The van der Waals surface area contributed by atoms with Crippen molar-refractivity contribution in [1.82, 2.24) is 4.98 Å². The molecule has 2 aromatic rings. The van der Waals surface area contributed by atoms with Crippen LogP contribution in [0.1, 0.15) is 25.7 Å². The number of sulfonamides is 1. The van der Waals surface area contributed by atoms with Gasteiger partial charge in [-0.2, -0.15) is 0 Å². The maximum Gasteiger partial charge on any atom is 0.266 e. The summed E-state index contributed by atoms with van der Waals surface area (Å²) in [6.07, 6.45) is 6.55. The van der Waals surface area contributed by atoms with Crippen molar-refractivity contribution < 1.29 is 13.2 Å². The maximum absolute atomic E-state index is 12.7. The van der Waals surface area contributed by atoms with E-state index < -0.39 is 10.0 Å². The monoisotopic (exact) mass is 395 g/mol. The molecule has 1 fully saturated rings. The van der Waals surface area contributed by atoms with Gasteiger partial charge >= 0.3 is 0 Å². The molecule has 0 unspecified atom stereocenters. The number of aromatic nitrogens is 1. The van der Waals surface area contributed by atoms with Crippen LogP contribution in [0, 0.1) is 0 Å². The first-order valence-electron chi connectivity index (χ1n) is 8.57. The molecule has 0 spiro atoms. The molecule has 0 bridgehead atoms. The van der Waals surface area contributed by atoms with Crippen LogP contribution in [-0.4, -0.2) is 33.6 Å². The van der Waals surface area contributed by atoms with E-state index in [1.165, 1.54) is 44.9 Å². The third-order valence-electron chi connectivity index (χ3n) is 4.37. The highest BCUT2D eigenvalue weighted by Crippen LogP contribution is 2.28. The number of pyridine rings is 1. The van der Waals surface area contributed by atoms with Crippen molar-refractivity contribution >= 4 is 33.1 Å². The van der Waals surface area contributed by atoms with Gasteiger partial charge in [-0.15, -0.1) is 0 Å². The summed E-state index contributed by atoms with van der Waals surface area (Å²) in [6.45, 7) is 2.01. The second-order valence-corrected chi connectivity index (χ2v) is 8.29. The fourth-order valence-corrected chi connectivity index (χ4v) is 4.46. The number of nitrogens with one attached hydrogen (secondary N) is 1. The van der Waals surface area contributed by atoms with Crippen LogP contribution in [0.25, 0.3) is 0 Å². The topological polar surface area (TPSA) is 71.5 Å². The van der Waals surface area contributed by atoms with Gasteiger partial charge in [0.1, 0.15) is 16.5 Å². The zero-order chi connectivity index (χ0) is 18.6. The minimum absolute atomic E-state index is 0.0223. The van der Waals surface area contributed by atoms with Crippen molar-refractivity contribution in [3.63, 3.8) is 0 Å². The molecule has 2 heterocycles. The summed E-state index contributed by atoms with van der Waals surface area (Å²) in [5.41, 5.74) is 1.01. The highest BCUT2D eigenvalue weighted by Gasteiger charge is 2.21. The zero-order valence-corrected chi connectivity index (χ0v) is 16.2. The van der Waals surface area contributed by atoms with Crippen LogP contribution in [0.15, 0.2) is 41.4 Å². The number of benzene rings is 1. The number of hydrogen-bond donors (Lipinski definition) is 1. The molecule has 0 saturated carbocycles. The molecule has 1 N–H and O–H groups in total. The maximum atomic E-state index is 12.7. The van der Waals surface area contributed by atoms with Crippen LogP contribution in [0.3, 0.4) is 0 Å². The van der Waals surface area contributed by atoms with E-state index in [0.717, 1.165) is 18.8 Å². The highest BCUT2D eigenvalue weighted by molar-refractivity contribution is 7.92. The summed E-state index contributed by atoms with van der Waals surface area (Å²) in [6, 6.07) is 8.02. The predicted octanol–water partition coefficient (Wildman–Crippen LogP) is 3.92. The molecular formula is C18H22ClN3O3S. The Bertz CT molecular complexity index is 848. The van der Waals surface area contributed by atoms with Crippen LogP contribution < -0.4 is 14.4 Å². The second kappa shape index (κ2) is 8.14. The van der Waals surface area contributed by atoms with Crippen LogP contribution in [0.4, 0.5) is 11.5 Å². The second-order valence-electron chi connectivity index (χ2n) is 6.20. The van der Waals surface area contributed by atoms with Crippen molar-refractivity contribution in [3.05, 3.63) is 41.6 Å². The van der Waals surface area contributed by atoms with Gasteiger partial charge in [0.05, 0.1) is 19.0 Å². The summed E-state index contributed by atoms with van der Waals surface area (Å²) in [7, 11) is -2.44. The van der Waals surface area contributed by atoms with Crippen molar-refractivity contribution in [2.75, 3.05) is 29.8 Å². The SMILES string of the molecule is COc1ccc(Cl)cc1S(=O)(=O)Nc1ccc(N2CCCCCC2)cn1. The van der Waals surface area contributed by atoms with Crippen LogP contribution in [-0.2, 0) is 10.0 Å². The molecule has 140 valence electrons. The largest absolute Gasteiger partial charge is 0.495 e. The minimum atomic E-state index is -3.86. The summed E-state index contributed by atoms with van der Waals surface area (Å²) >= 11 is 5.93. The molecule has 1 saturated heterocycles.